The highest BCUT2D eigenvalue weighted by Gasteiger charge is 2.10. The summed E-state index contributed by atoms with van der Waals surface area (Å²) in [5, 5.41) is 0. The normalized spacial score (nSPS) is 10.6. The van der Waals surface area contributed by atoms with Crippen molar-refractivity contribution in [2.45, 2.75) is 20.0 Å². The molecule has 2 heterocycles. The van der Waals surface area contributed by atoms with Gasteiger partial charge >= 0.3 is 0 Å². The molecule has 0 spiro atoms. The van der Waals surface area contributed by atoms with Crippen LogP contribution in [0, 0.1) is 6.92 Å². The minimum atomic E-state index is 0.158. The van der Waals surface area contributed by atoms with Crippen molar-refractivity contribution in [2.75, 3.05) is 18.6 Å². The Morgan fingerprint density at radius 2 is 1.96 bits per heavy atom. The summed E-state index contributed by atoms with van der Waals surface area (Å²) in [6.45, 7) is 2.06. The van der Waals surface area contributed by atoms with Gasteiger partial charge in [-0.15, -0.1) is 0 Å². The molecule has 0 bridgehead atoms. The Kier molecular flexibility index (Phi) is 4.69. The number of nitrogens with two attached hydrogens (primary N) is 2. The Morgan fingerprint density at radius 1 is 1.12 bits per heavy atom. The number of rotatable bonds is 6. The molecule has 0 aliphatic carbocycles. The number of hydrogen-bond acceptors (Lipinski definition) is 8. The number of oxazole rings is 1. The van der Waals surface area contributed by atoms with Gasteiger partial charge in [-0.1, -0.05) is 6.07 Å². The fourth-order valence-corrected chi connectivity index (χ4v) is 2.35. The molecule has 0 atom stereocenters. The van der Waals surface area contributed by atoms with Gasteiger partial charge in [0, 0.05) is 25.1 Å². The van der Waals surface area contributed by atoms with Gasteiger partial charge in [0.25, 0.3) is 0 Å². The summed E-state index contributed by atoms with van der Waals surface area (Å²) in [6, 6.07) is 5.65. The van der Waals surface area contributed by atoms with Crippen LogP contribution < -0.4 is 20.9 Å². The number of aromatic nitrogens is 3. The van der Waals surface area contributed by atoms with Crippen molar-refractivity contribution >= 4 is 11.8 Å². The summed E-state index contributed by atoms with van der Waals surface area (Å²) in [7, 11) is 1.59. The topological polar surface area (TPSA) is 122 Å². The van der Waals surface area contributed by atoms with Crippen molar-refractivity contribution in [3.05, 3.63) is 53.4 Å². The van der Waals surface area contributed by atoms with Crippen LogP contribution in [0.3, 0.4) is 0 Å². The summed E-state index contributed by atoms with van der Waals surface area (Å²) >= 11 is 0. The molecule has 3 rings (SSSR count). The minimum absolute atomic E-state index is 0.158. The van der Waals surface area contributed by atoms with Crippen molar-refractivity contribution in [3.8, 4) is 11.5 Å². The lowest BCUT2D eigenvalue weighted by molar-refractivity contribution is 0.254. The van der Waals surface area contributed by atoms with Crippen LogP contribution >= 0.6 is 0 Å². The summed E-state index contributed by atoms with van der Waals surface area (Å²) in [5.74, 6) is 3.00. The van der Waals surface area contributed by atoms with Gasteiger partial charge in [0.1, 0.15) is 12.4 Å². The largest absolute Gasteiger partial charge is 0.493 e. The lowest BCUT2D eigenvalue weighted by Crippen LogP contribution is -2.04. The lowest BCUT2D eigenvalue weighted by Gasteiger charge is -2.12. The van der Waals surface area contributed by atoms with Crippen molar-refractivity contribution in [3.63, 3.8) is 0 Å². The number of anilines is 2. The van der Waals surface area contributed by atoms with Gasteiger partial charge < -0.3 is 25.4 Å². The Morgan fingerprint density at radius 3 is 2.64 bits per heavy atom. The van der Waals surface area contributed by atoms with E-state index in [4.69, 9.17) is 25.4 Å². The fourth-order valence-electron chi connectivity index (χ4n) is 2.35. The molecule has 8 nitrogen and oxygen atoms in total. The molecular formula is C17H19N5O3. The zero-order valence-corrected chi connectivity index (χ0v) is 14.0. The molecule has 1 aromatic carbocycles. The van der Waals surface area contributed by atoms with Gasteiger partial charge in [0.05, 0.1) is 13.3 Å². The van der Waals surface area contributed by atoms with Crippen molar-refractivity contribution in [1.29, 1.82) is 0 Å². The van der Waals surface area contributed by atoms with E-state index in [9.17, 15) is 0 Å². The summed E-state index contributed by atoms with van der Waals surface area (Å²) in [4.78, 5) is 12.0. The molecular weight excluding hydrogens is 322 g/mol. The van der Waals surface area contributed by atoms with Gasteiger partial charge in [-0.2, -0.15) is 4.98 Å². The molecule has 0 radical (unpaired) electrons. The molecule has 3 aromatic rings. The number of nitrogen functional groups attached to an aromatic ring is 2. The number of benzene rings is 1. The number of methoxy groups -OCH3 is 1. The van der Waals surface area contributed by atoms with E-state index in [-0.39, 0.29) is 12.6 Å². The highest BCUT2D eigenvalue weighted by molar-refractivity contribution is 5.48. The van der Waals surface area contributed by atoms with Crippen molar-refractivity contribution in [2.24, 2.45) is 0 Å². The van der Waals surface area contributed by atoms with Gasteiger partial charge in [-0.05, 0) is 17.7 Å². The average Bonchev–Trinajstić information content (AvgIpc) is 3.01. The van der Waals surface area contributed by atoms with Crippen molar-refractivity contribution in [1.82, 2.24) is 15.0 Å². The van der Waals surface area contributed by atoms with E-state index in [1.165, 1.54) is 0 Å². The van der Waals surface area contributed by atoms with Crippen LogP contribution in [-0.4, -0.2) is 22.1 Å². The first-order chi connectivity index (χ1) is 12.0. The maximum Gasteiger partial charge on any atom is 0.221 e. The van der Waals surface area contributed by atoms with Crippen LogP contribution in [0.1, 0.15) is 22.8 Å². The first-order valence-corrected chi connectivity index (χ1v) is 7.63. The third kappa shape index (κ3) is 3.97. The SMILES string of the molecule is COc1cc(Cc2cnc(N)nc2N)ccc1OCc1cnc(C)o1. The predicted molar refractivity (Wildman–Crippen MR) is 92.2 cm³/mol. The Bertz CT molecular complexity index is 878. The molecule has 0 fully saturated rings. The quantitative estimate of drug-likeness (QED) is 0.699. The van der Waals surface area contributed by atoms with E-state index >= 15 is 0 Å². The van der Waals surface area contributed by atoms with Crippen LogP contribution in [0.25, 0.3) is 0 Å². The summed E-state index contributed by atoms with van der Waals surface area (Å²) in [5.41, 5.74) is 13.2. The highest BCUT2D eigenvalue weighted by atomic mass is 16.5. The Balaban J connectivity index is 1.74. The number of hydrogen-bond donors (Lipinski definition) is 2. The third-order valence-electron chi connectivity index (χ3n) is 3.58. The smallest absolute Gasteiger partial charge is 0.221 e. The molecule has 0 amide bonds. The second-order valence-corrected chi connectivity index (χ2v) is 5.43. The second kappa shape index (κ2) is 7.08. The molecule has 0 aliphatic rings. The number of aryl methyl sites for hydroxylation is 1. The van der Waals surface area contributed by atoms with E-state index in [0.717, 1.165) is 11.1 Å². The zero-order valence-electron chi connectivity index (χ0n) is 14.0. The van der Waals surface area contributed by atoms with Crippen LogP contribution in [0.4, 0.5) is 11.8 Å². The summed E-state index contributed by atoms with van der Waals surface area (Å²) in [6.07, 6.45) is 3.82. The molecule has 130 valence electrons. The maximum atomic E-state index is 5.88. The lowest BCUT2D eigenvalue weighted by atomic mass is 10.1. The first-order valence-electron chi connectivity index (χ1n) is 7.63. The molecule has 0 saturated carbocycles. The van der Waals surface area contributed by atoms with Crippen LogP contribution in [0.5, 0.6) is 11.5 Å². The standard InChI is InChI=1S/C17H19N5O3/c1-10-20-8-13(25-10)9-24-14-4-3-11(6-15(14)23-2)5-12-7-21-17(19)22-16(12)18/h3-4,6-8H,5,9H2,1-2H3,(H4,18,19,21,22). The predicted octanol–water partition coefficient (Wildman–Crippen LogP) is 2.12. The molecule has 2 aromatic heterocycles. The van der Waals surface area contributed by atoms with E-state index in [0.29, 0.717) is 35.4 Å². The maximum absolute atomic E-state index is 5.88. The minimum Gasteiger partial charge on any atom is -0.493 e. The highest BCUT2D eigenvalue weighted by Crippen LogP contribution is 2.30. The molecule has 0 aliphatic heterocycles. The molecule has 8 heteroatoms. The summed E-state index contributed by atoms with van der Waals surface area (Å²) < 4.78 is 16.5. The van der Waals surface area contributed by atoms with Gasteiger partial charge in [-0.25, -0.2) is 9.97 Å². The Hall–Kier alpha value is -3.29. The van der Waals surface area contributed by atoms with Gasteiger partial charge in [-0.3, -0.25) is 0 Å². The van der Waals surface area contributed by atoms with Crippen molar-refractivity contribution < 1.29 is 13.9 Å². The van der Waals surface area contributed by atoms with E-state index in [1.807, 2.05) is 18.2 Å². The van der Waals surface area contributed by atoms with Crippen LogP contribution in [0.15, 0.2) is 35.0 Å². The monoisotopic (exact) mass is 341 g/mol. The number of ether oxygens (including phenoxy) is 2. The molecule has 0 unspecified atom stereocenters. The van der Waals surface area contributed by atoms with Gasteiger partial charge in [0.2, 0.25) is 5.95 Å². The molecule has 0 saturated heterocycles. The van der Waals surface area contributed by atoms with Crippen LogP contribution in [-0.2, 0) is 13.0 Å². The average molecular weight is 341 g/mol. The fraction of sp³-hybridized carbons (Fsp3) is 0.235. The Labute approximate surface area is 144 Å². The van der Waals surface area contributed by atoms with E-state index in [2.05, 4.69) is 15.0 Å². The van der Waals surface area contributed by atoms with Crippen LogP contribution in [0.2, 0.25) is 0 Å². The second-order valence-electron chi connectivity index (χ2n) is 5.43. The first kappa shape index (κ1) is 16.6. The number of nitrogens with zero attached hydrogens (tertiary/aromatic N) is 3. The zero-order chi connectivity index (χ0) is 17.8. The third-order valence-corrected chi connectivity index (χ3v) is 3.58. The molecule has 25 heavy (non-hydrogen) atoms. The van der Waals surface area contributed by atoms with E-state index < -0.39 is 0 Å². The van der Waals surface area contributed by atoms with Gasteiger partial charge in [0.15, 0.2) is 23.1 Å². The van der Waals surface area contributed by atoms with E-state index in [1.54, 1.807) is 26.4 Å². The molecule has 4 N–H and O–H groups in total.